The van der Waals surface area contributed by atoms with E-state index >= 15 is 0 Å². The highest BCUT2D eigenvalue weighted by Gasteiger charge is 2.41. The van der Waals surface area contributed by atoms with Crippen molar-refractivity contribution in [3.8, 4) is 0 Å². The van der Waals surface area contributed by atoms with Gasteiger partial charge in [-0.05, 0) is 6.92 Å². The Hall–Kier alpha value is -2.73. The summed E-state index contributed by atoms with van der Waals surface area (Å²) in [6.07, 6.45) is 2.24. The van der Waals surface area contributed by atoms with Crippen LogP contribution in [0, 0.1) is 41.4 Å². The zero-order valence-corrected chi connectivity index (χ0v) is 26.9. The van der Waals surface area contributed by atoms with Gasteiger partial charge in [-0.15, -0.1) is 0 Å². The Balaban J connectivity index is 2.76. The average Bonchev–Trinajstić information content (AvgIpc) is 2.96. The SMILES string of the molecule is C=CC=C[C@H](C)[C@H](OC(N)=O)[C@@H](C)[C@H](O)[C@@H](C)C(=O)N(C)CC(C)C(O)C(C)C=C[C@@H](O)C[C@@H]1OC(=O)[C@H](C)[C@@H](O)[C@H]1C. The van der Waals surface area contributed by atoms with Crippen molar-refractivity contribution >= 4 is 18.0 Å². The molecule has 0 spiro atoms. The van der Waals surface area contributed by atoms with E-state index in [2.05, 4.69) is 6.58 Å². The fourth-order valence-electron chi connectivity index (χ4n) is 5.66. The molecular weight excluding hydrogens is 556 g/mol. The van der Waals surface area contributed by atoms with Crippen LogP contribution < -0.4 is 5.73 Å². The highest BCUT2D eigenvalue weighted by atomic mass is 16.6. The summed E-state index contributed by atoms with van der Waals surface area (Å²) in [5.41, 5.74) is 5.26. The molecule has 1 heterocycles. The molecule has 43 heavy (non-hydrogen) atoms. The van der Waals surface area contributed by atoms with Gasteiger partial charge in [-0.1, -0.05) is 78.5 Å². The van der Waals surface area contributed by atoms with E-state index in [9.17, 15) is 34.8 Å². The summed E-state index contributed by atoms with van der Waals surface area (Å²) in [7, 11) is 1.60. The Kier molecular flexibility index (Phi) is 15.6. The van der Waals surface area contributed by atoms with Gasteiger partial charge in [0.2, 0.25) is 5.91 Å². The minimum absolute atomic E-state index is 0.121. The van der Waals surface area contributed by atoms with Crippen LogP contribution in [0.15, 0.2) is 37.0 Å². The summed E-state index contributed by atoms with van der Waals surface area (Å²) < 4.78 is 10.7. The lowest BCUT2D eigenvalue weighted by atomic mass is 9.83. The number of allylic oxidation sites excluding steroid dienone is 2. The summed E-state index contributed by atoms with van der Waals surface area (Å²) >= 11 is 0. The van der Waals surface area contributed by atoms with Crippen molar-refractivity contribution in [3.63, 3.8) is 0 Å². The first kappa shape index (κ1) is 38.3. The molecule has 0 radical (unpaired) electrons. The number of esters is 1. The van der Waals surface area contributed by atoms with Gasteiger partial charge in [-0.2, -0.15) is 0 Å². The molecule has 0 aliphatic carbocycles. The van der Waals surface area contributed by atoms with Gasteiger partial charge >= 0.3 is 12.1 Å². The molecule has 3 unspecified atom stereocenters. The molecular formula is C32H54N2O9. The quantitative estimate of drug-likeness (QED) is 0.0996. The second-order valence-electron chi connectivity index (χ2n) is 12.4. The number of cyclic esters (lactones) is 1. The van der Waals surface area contributed by atoms with Crippen LogP contribution in [-0.4, -0.2) is 93.5 Å². The van der Waals surface area contributed by atoms with Gasteiger partial charge in [0.15, 0.2) is 0 Å². The second-order valence-corrected chi connectivity index (χ2v) is 12.4. The number of nitrogens with zero attached hydrogens (tertiary/aromatic N) is 1. The molecule has 1 aliphatic heterocycles. The number of aliphatic hydroxyl groups excluding tert-OH is 4. The van der Waals surface area contributed by atoms with E-state index in [1.54, 1.807) is 72.9 Å². The minimum atomic E-state index is -1.14. The molecule has 6 N–H and O–H groups in total. The second kappa shape index (κ2) is 17.5. The maximum Gasteiger partial charge on any atom is 0.404 e. The Morgan fingerprint density at radius 1 is 1.05 bits per heavy atom. The van der Waals surface area contributed by atoms with Crippen LogP contribution in [0.25, 0.3) is 0 Å². The molecule has 1 saturated heterocycles. The van der Waals surface area contributed by atoms with Crippen molar-refractivity contribution in [2.75, 3.05) is 13.6 Å². The Morgan fingerprint density at radius 2 is 1.65 bits per heavy atom. The van der Waals surface area contributed by atoms with Crippen LogP contribution in [0.4, 0.5) is 4.79 Å². The number of nitrogens with two attached hydrogens (primary N) is 1. The highest BCUT2D eigenvalue weighted by molar-refractivity contribution is 5.79. The van der Waals surface area contributed by atoms with E-state index in [-0.39, 0.29) is 42.5 Å². The monoisotopic (exact) mass is 610 g/mol. The Bertz CT molecular complexity index is 986. The van der Waals surface area contributed by atoms with Crippen LogP contribution >= 0.6 is 0 Å². The lowest BCUT2D eigenvalue weighted by molar-refractivity contribution is -0.179. The molecule has 11 nitrogen and oxygen atoms in total. The van der Waals surface area contributed by atoms with Crippen molar-refractivity contribution < 1.29 is 44.3 Å². The summed E-state index contributed by atoms with van der Waals surface area (Å²) in [5, 5.41) is 42.7. The predicted octanol–water partition coefficient (Wildman–Crippen LogP) is 2.42. The van der Waals surface area contributed by atoms with Gasteiger partial charge in [0.25, 0.3) is 0 Å². The van der Waals surface area contributed by atoms with Gasteiger partial charge in [0.05, 0.1) is 36.3 Å². The zero-order valence-electron chi connectivity index (χ0n) is 26.9. The van der Waals surface area contributed by atoms with Crippen molar-refractivity contribution in [2.24, 2.45) is 47.2 Å². The number of rotatable bonds is 16. The smallest absolute Gasteiger partial charge is 0.404 e. The summed E-state index contributed by atoms with van der Waals surface area (Å²) in [4.78, 5) is 38.2. The third-order valence-electron chi connectivity index (χ3n) is 8.73. The van der Waals surface area contributed by atoms with Gasteiger partial charge in [0, 0.05) is 49.6 Å². The van der Waals surface area contributed by atoms with Gasteiger partial charge in [-0.25, -0.2) is 4.79 Å². The van der Waals surface area contributed by atoms with Crippen molar-refractivity contribution in [1.82, 2.24) is 4.90 Å². The molecule has 0 bridgehead atoms. The van der Waals surface area contributed by atoms with Crippen molar-refractivity contribution in [1.29, 1.82) is 0 Å². The van der Waals surface area contributed by atoms with Crippen LogP contribution in [0.1, 0.15) is 54.9 Å². The number of ether oxygens (including phenoxy) is 2. The van der Waals surface area contributed by atoms with E-state index in [0.717, 1.165) is 0 Å². The lowest BCUT2D eigenvalue weighted by Crippen LogP contribution is -2.47. The molecule has 11 heteroatoms. The summed E-state index contributed by atoms with van der Waals surface area (Å²) in [6.45, 7) is 15.9. The van der Waals surface area contributed by atoms with E-state index in [1.807, 2.05) is 6.92 Å². The van der Waals surface area contributed by atoms with E-state index in [4.69, 9.17) is 15.2 Å². The highest BCUT2D eigenvalue weighted by Crippen LogP contribution is 2.30. The maximum absolute atomic E-state index is 13.2. The van der Waals surface area contributed by atoms with Crippen molar-refractivity contribution in [3.05, 3.63) is 37.0 Å². The first-order valence-corrected chi connectivity index (χ1v) is 15.1. The number of primary amides is 1. The Labute approximate surface area is 256 Å². The number of hydrogen-bond acceptors (Lipinski definition) is 9. The molecule has 1 fully saturated rings. The number of carbonyl (C=O) groups is 3. The molecule has 0 aromatic rings. The molecule has 1 rings (SSSR count). The fourth-order valence-corrected chi connectivity index (χ4v) is 5.66. The van der Waals surface area contributed by atoms with Gasteiger partial charge in [-0.3, -0.25) is 9.59 Å². The van der Waals surface area contributed by atoms with Crippen LogP contribution in [-0.2, 0) is 19.1 Å². The lowest BCUT2D eigenvalue weighted by Gasteiger charge is -2.36. The predicted molar refractivity (Wildman–Crippen MR) is 163 cm³/mol. The minimum Gasteiger partial charge on any atom is -0.462 e. The largest absolute Gasteiger partial charge is 0.462 e. The molecule has 1 aliphatic rings. The molecule has 0 aromatic carbocycles. The van der Waals surface area contributed by atoms with Crippen molar-refractivity contribution in [2.45, 2.75) is 91.5 Å². The standard InChI is InChI=1S/C32H54N2O9/c1-10-11-12-18(3)29(43-32(33)41)21(6)28(38)22(7)30(39)34(9)16-19(4)26(36)17(2)13-14-24(35)15-25-20(5)27(37)23(8)31(40)42-25/h10-14,17-29,35-38H,1,15-16H2,2-9H3,(H2,33,41)/t17?,18-,19?,20-,21-,22+,23+,24+,25-,26?,27-,28-,29-/m0/s1. The average molecular weight is 611 g/mol. The first-order valence-electron chi connectivity index (χ1n) is 15.1. The third-order valence-corrected chi connectivity index (χ3v) is 8.73. The van der Waals surface area contributed by atoms with Gasteiger partial charge < -0.3 is 40.5 Å². The summed E-state index contributed by atoms with van der Waals surface area (Å²) in [6, 6.07) is 0. The molecule has 0 aromatic heterocycles. The topological polar surface area (TPSA) is 180 Å². The molecule has 0 saturated carbocycles. The first-order chi connectivity index (χ1) is 19.9. The Morgan fingerprint density at radius 3 is 2.21 bits per heavy atom. The van der Waals surface area contributed by atoms with Crippen LogP contribution in [0.2, 0.25) is 0 Å². The maximum atomic E-state index is 13.2. The summed E-state index contributed by atoms with van der Waals surface area (Å²) in [5.74, 6) is -4.23. The molecule has 13 atom stereocenters. The number of hydrogen-bond donors (Lipinski definition) is 5. The third kappa shape index (κ3) is 11.0. The molecule has 2 amide bonds. The zero-order chi connectivity index (χ0) is 33.2. The van der Waals surface area contributed by atoms with Crippen LogP contribution in [0.5, 0.6) is 0 Å². The normalized spacial score (nSPS) is 27.3. The van der Waals surface area contributed by atoms with Gasteiger partial charge in [0.1, 0.15) is 12.2 Å². The van der Waals surface area contributed by atoms with E-state index < -0.39 is 66.4 Å². The fraction of sp³-hybridized carbons (Fsp3) is 0.719. The van der Waals surface area contributed by atoms with E-state index in [0.29, 0.717) is 0 Å². The van der Waals surface area contributed by atoms with E-state index in [1.165, 1.54) is 11.0 Å². The van der Waals surface area contributed by atoms with Crippen LogP contribution in [0.3, 0.4) is 0 Å². The number of carbonyl (C=O) groups excluding carboxylic acids is 3. The number of amides is 2. The number of aliphatic hydroxyl groups is 4. The molecule has 246 valence electrons.